The summed E-state index contributed by atoms with van der Waals surface area (Å²) in [7, 11) is 0. The highest BCUT2D eigenvalue weighted by atomic mass is 35.5. The van der Waals surface area contributed by atoms with Gasteiger partial charge in [0.25, 0.3) is 0 Å². The first kappa shape index (κ1) is 22.7. The Morgan fingerprint density at radius 1 is 0.971 bits per heavy atom. The third-order valence-corrected chi connectivity index (χ3v) is 6.35. The minimum atomic E-state index is -1.23. The topological polar surface area (TPSA) is 126 Å². The highest BCUT2D eigenvalue weighted by molar-refractivity contribution is 6.30. The highest BCUT2D eigenvalue weighted by Crippen LogP contribution is 2.32. The minimum absolute atomic E-state index is 0.0333. The first-order chi connectivity index (χ1) is 16.6. The lowest BCUT2D eigenvalue weighted by molar-refractivity contribution is -0.0511. The van der Waals surface area contributed by atoms with Crippen LogP contribution in [0.1, 0.15) is 23.3 Å². The smallest absolute Gasteiger partial charge is 0.167 e. The predicted molar refractivity (Wildman–Crippen MR) is 127 cm³/mol. The number of imidazole rings is 1. The van der Waals surface area contributed by atoms with Gasteiger partial charge < -0.3 is 25.4 Å². The predicted octanol–water partition coefficient (Wildman–Crippen LogP) is 2.34. The number of aliphatic hydroxyl groups excluding tert-OH is 3. The fourth-order valence-corrected chi connectivity index (χ4v) is 4.41. The summed E-state index contributed by atoms with van der Waals surface area (Å²) in [5.41, 5.74) is 3.18. The Hall–Kier alpha value is -3.08. The molecule has 9 nitrogen and oxygen atoms in total. The van der Waals surface area contributed by atoms with Crippen LogP contribution in [0, 0.1) is 0 Å². The van der Waals surface area contributed by atoms with Gasteiger partial charge in [-0.1, -0.05) is 54.1 Å². The molecule has 2 aromatic carbocycles. The second-order valence-corrected chi connectivity index (χ2v) is 8.61. The zero-order valence-electron chi connectivity index (χ0n) is 18.1. The van der Waals surface area contributed by atoms with Crippen molar-refractivity contribution in [2.45, 2.75) is 30.5 Å². The lowest BCUT2D eigenvalue weighted by Crippen LogP contribution is -2.33. The SMILES string of the molecule is OC[C@H]1O[C@@H](n2cnc3c(NCC(c4ccccc4)c4ccc(Cl)cc4)ncnc32)[C@H](O)[C@@H]1O. The summed E-state index contributed by atoms with van der Waals surface area (Å²) in [6, 6.07) is 17.9. The van der Waals surface area contributed by atoms with E-state index in [1.165, 1.54) is 12.7 Å². The molecule has 0 saturated carbocycles. The number of nitrogens with zero attached hydrogens (tertiary/aromatic N) is 4. The van der Waals surface area contributed by atoms with Gasteiger partial charge in [-0.25, -0.2) is 15.0 Å². The minimum Gasteiger partial charge on any atom is -0.394 e. The number of nitrogens with one attached hydrogen (secondary N) is 1. The summed E-state index contributed by atoms with van der Waals surface area (Å²) in [6.07, 6.45) is -1.36. The van der Waals surface area contributed by atoms with Crippen LogP contribution in [0.3, 0.4) is 0 Å². The van der Waals surface area contributed by atoms with Crippen LogP contribution in [0.5, 0.6) is 0 Å². The van der Waals surface area contributed by atoms with E-state index in [4.69, 9.17) is 16.3 Å². The molecule has 5 rings (SSSR count). The van der Waals surface area contributed by atoms with E-state index in [9.17, 15) is 15.3 Å². The monoisotopic (exact) mass is 481 g/mol. The fraction of sp³-hybridized carbons (Fsp3) is 0.292. The van der Waals surface area contributed by atoms with Crippen LogP contribution in [-0.2, 0) is 4.74 Å². The summed E-state index contributed by atoms with van der Waals surface area (Å²) in [4.78, 5) is 13.1. The van der Waals surface area contributed by atoms with Gasteiger partial charge in [0.1, 0.15) is 24.6 Å². The van der Waals surface area contributed by atoms with Crippen molar-refractivity contribution >= 4 is 28.6 Å². The summed E-state index contributed by atoms with van der Waals surface area (Å²) in [5, 5.41) is 34.0. The van der Waals surface area contributed by atoms with Crippen LogP contribution in [-0.4, -0.2) is 66.3 Å². The molecular formula is C24H24ClN5O4. The Labute approximate surface area is 200 Å². The number of rotatable bonds is 7. The van der Waals surface area contributed by atoms with Crippen molar-refractivity contribution in [3.63, 3.8) is 0 Å². The van der Waals surface area contributed by atoms with Crippen LogP contribution in [0.15, 0.2) is 67.3 Å². The van der Waals surface area contributed by atoms with Gasteiger partial charge in [-0.05, 0) is 23.3 Å². The molecule has 1 saturated heterocycles. The van der Waals surface area contributed by atoms with Crippen molar-refractivity contribution in [2.75, 3.05) is 18.5 Å². The summed E-state index contributed by atoms with van der Waals surface area (Å²) in [6.45, 7) is 0.132. The second kappa shape index (κ2) is 9.65. The van der Waals surface area contributed by atoms with Gasteiger partial charge in [-0.2, -0.15) is 0 Å². The molecule has 176 valence electrons. The molecule has 4 N–H and O–H groups in total. The van der Waals surface area contributed by atoms with Crippen molar-refractivity contribution in [1.82, 2.24) is 19.5 Å². The van der Waals surface area contributed by atoms with Gasteiger partial charge in [-0.3, -0.25) is 4.57 Å². The van der Waals surface area contributed by atoms with Crippen LogP contribution in [0.25, 0.3) is 11.2 Å². The summed E-state index contributed by atoms with van der Waals surface area (Å²) >= 11 is 6.09. The lowest BCUT2D eigenvalue weighted by atomic mass is 9.91. The summed E-state index contributed by atoms with van der Waals surface area (Å²) < 4.78 is 7.17. The van der Waals surface area contributed by atoms with Gasteiger partial charge >= 0.3 is 0 Å². The molecule has 0 amide bonds. The molecule has 1 fully saturated rings. The van der Waals surface area contributed by atoms with Gasteiger partial charge in [0.2, 0.25) is 0 Å². The Balaban J connectivity index is 1.43. The lowest BCUT2D eigenvalue weighted by Gasteiger charge is -2.19. The molecule has 1 aliphatic heterocycles. The molecule has 1 aliphatic rings. The first-order valence-electron chi connectivity index (χ1n) is 10.9. The van der Waals surface area contributed by atoms with Crippen LogP contribution < -0.4 is 5.32 Å². The molecule has 0 spiro atoms. The van der Waals surface area contributed by atoms with Crippen LogP contribution in [0.2, 0.25) is 5.02 Å². The number of anilines is 1. The van der Waals surface area contributed by atoms with E-state index in [1.54, 1.807) is 4.57 Å². The quantitative estimate of drug-likeness (QED) is 0.317. The number of ether oxygens (including phenoxy) is 1. The zero-order chi connectivity index (χ0) is 23.7. The molecule has 1 unspecified atom stereocenters. The number of hydrogen-bond acceptors (Lipinski definition) is 8. The molecule has 4 aromatic rings. The Morgan fingerprint density at radius 2 is 1.71 bits per heavy atom. The number of halogens is 1. The Morgan fingerprint density at radius 3 is 2.41 bits per heavy atom. The van der Waals surface area contributed by atoms with Crippen LogP contribution in [0.4, 0.5) is 5.82 Å². The molecule has 0 radical (unpaired) electrons. The van der Waals surface area contributed by atoms with E-state index in [1.807, 2.05) is 42.5 Å². The van der Waals surface area contributed by atoms with Gasteiger partial charge in [0.15, 0.2) is 23.2 Å². The van der Waals surface area contributed by atoms with Crippen molar-refractivity contribution in [2.24, 2.45) is 0 Å². The molecule has 34 heavy (non-hydrogen) atoms. The number of hydrogen-bond donors (Lipinski definition) is 4. The largest absolute Gasteiger partial charge is 0.394 e. The van der Waals surface area contributed by atoms with E-state index in [0.29, 0.717) is 28.5 Å². The maximum Gasteiger partial charge on any atom is 0.167 e. The number of aromatic nitrogens is 4. The summed E-state index contributed by atoms with van der Waals surface area (Å²) in [5.74, 6) is 0.566. The molecule has 10 heteroatoms. The molecule has 0 bridgehead atoms. The second-order valence-electron chi connectivity index (χ2n) is 8.17. The standard InChI is InChI=1S/C24H24ClN5O4/c25-16-8-6-15(7-9-16)17(14-4-2-1-3-5-14)10-26-22-19-23(28-12-27-22)30(13-29-19)24-21(33)20(32)18(11-31)34-24/h1-9,12-13,17-18,20-21,24,31-33H,10-11H2,(H,26,27,28)/t17?,18-,20-,21-,24-/m1/s1. The Kier molecular flexibility index (Phi) is 6.44. The fourth-order valence-electron chi connectivity index (χ4n) is 4.28. The van der Waals surface area contributed by atoms with Crippen LogP contribution >= 0.6 is 11.6 Å². The molecular weight excluding hydrogens is 458 g/mol. The first-order valence-corrected chi connectivity index (χ1v) is 11.3. The molecule has 3 heterocycles. The van der Waals surface area contributed by atoms with Crippen molar-refractivity contribution in [3.8, 4) is 0 Å². The zero-order valence-corrected chi connectivity index (χ0v) is 18.8. The van der Waals surface area contributed by atoms with E-state index >= 15 is 0 Å². The molecule has 5 atom stereocenters. The molecule has 2 aromatic heterocycles. The normalized spacial score (nSPS) is 23.3. The number of aliphatic hydroxyl groups is 3. The van der Waals surface area contributed by atoms with Crippen molar-refractivity contribution in [3.05, 3.63) is 83.4 Å². The van der Waals surface area contributed by atoms with E-state index in [2.05, 4.69) is 32.4 Å². The van der Waals surface area contributed by atoms with E-state index < -0.39 is 31.1 Å². The third-order valence-electron chi connectivity index (χ3n) is 6.10. The third kappa shape index (κ3) is 4.24. The number of benzene rings is 2. The van der Waals surface area contributed by atoms with Gasteiger partial charge in [-0.15, -0.1) is 0 Å². The average Bonchev–Trinajstić information content (AvgIpc) is 3.42. The highest BCUT2D eigenvalue weighted by Gasteiger charge is 2.44. The average molecular weight is 482 g/mol. The van der Waals surface area contributed by atoms with Gasteiger partial charge in [0.05, 0.1) is 12.9 Å². The van der Waals surface area contributed by atoms with Gasteiger partial charge in [0, 0.05) is 17.5 Å². The number of fused-ring (bicyclic) bond motifs is 1. The van der Waals surface area contributed by atoms with Crippen molar-refractivity contribution in [1.29, 1.82) is 0 Å². The van der Waals surface area contributed by atoms with E-state index in [-0.39, 0.29) is 5.92 Å². The van der Waals surface area contributed by atoms with Crippen molar-refractivity contribution < 1.29 is 20.1 Å². The molecule has 0 aliphatic carbocycles. The maximum absolute atomic E-state index is 10.4. The Bertz CT molecular complexity index is 1250. The maximum atomic E-state index is 10.4. The van der Waals surface area contributed by atoms with E-state index in [0.717, 1.165) is 11.1 Å².